The second-order valence-electron chi connectivity index (χ2n) is 4.66. The maximum atomic E-state index is 5.97. The lowest BCUT2D eigenvalue weighted by molar-refractivity contribution is 0.516. The highest BCUT2D eigenvalue weighted by Gasteiger charge is 2.01. The van der Waals surface area contributed by atoms with Gasteiger partial charge in [0.1, 0.15) is 0 Å². The van der Waals surface area contributed by atoms with Crippen molar-refractivity contribution in [2.45, 2.75) is 31.7 Å². The molecule has 0 aliphatic heterocycles. The third kappa shape index (κ3) is 15.1. The minimum atomic E-state index is 0.147. The zero-order valence-corrected chi connectivity index (χ0v) is 11.9. The first kappa shape index (κ1) is 18.1. The van der Waals surface area contributed by atoms with Crippen LogP contribution < -0.4 is 33.6 Å². The van der Waals surface area contributed by atoms with E-state index in [2.05, 4.69) is 15.6 Å². The van der Waals surface area contributed by atoms with Gasteiger partial charge in [0.25, 0.3) is 0 Å². The molecule has 0 saturated carbocycles. The highest BCUT2D eigenvalue weighted by Crippen LogP contribution is 1.93. The van der Waals surface area contributed by atoms with Gasteiger partial charge in [-0.3, -0.25) is 4.99 Å². The Morgan fingerprint density at radius 1 is 1.00 bits per heavy atom. The fourth-order valence-corrected chi connectivity index (χ4v) is 1.64. The Morgan fingerprint density at radius 2 is 1.68 bits per heavy atom. The highest BCUT2D eigenvalue weighted by molar-refractivity contribution is 5.75. The van der Waals surface area contributed by atoms with Gasteiger partial charge in [-0.05, 0) is 51.9 Å². The monoisotopic (exact) mass is 273 g/mol. The average Bonchev–Trinajstić information content (AvgIpc) is 2.37. The van der Waals surface area contributed by atoms with Crippen molar-refractivity contribution in [1.29, 1.82) is 0 Å². The zero-order chi connectivity index (χ0) is 14.3. The molecule has 0 radical (unpaired) electrons. The molecule has 0 heterocycles. The lowest BCUT2D eigenvalue weighted by atomic mass is 10.1. The van der Waals surface area contributed by atoms with Crippen LogP contribution in [0.15, 0.2) is 4.99 Å². The summed E-state index contributed by atoms with van der Waals surface area (Å²) in [6.45, 7) is 5.25. The van der Waals surface area contributed by atoms with Gasteiger partial charge in [0.05, 0.1) is 0 Å². The minimum absolute atomic E-state index is 0.147. The number of nitrogens with two attached hydrogens (primary N) is 4. The van der Waals surface area contributed by atoms with Crippen molar-refractivity contribution in [3.63, 3.8) is 0 Å². The molecular formula is C12H31N7. The molecular weight excluding hydrogens is 242 g/mol. The van der Waals surface area contributed by atoms with Crippen LogP contribution in [-0.4, -0.2) is 51.3 Å². The molecule has 19 heavy (non-hydrogen) atoms. The van der Waals surface area contributed by atoms with Gasteiger partial charge in [0.15, 0.2) is 5.96 Å². The number of guanidine groups is 1. The van der Waals surface area contributed by atoms with E-state index in [1.807, 2.05) is 0 Å². The van der Waals surface area contributed by atoms with E-state index < -0.39 is 0 Å². The summed E-state index contributed by atoms with van der Waals surface area (Å²) in [6, 6.07) is 0.166. The maximum Gasteiger partial charge on any atom is 0.185 e. The number of nitrogens with zero attached hydrogens (tertiary/aromatic N) is 1. The largest absolute Gasteiger partial charge is 0.370 e. The first-order valence-corrected chi connectivity index (χ1v) is 7.09. The average molecular weight is 273 g/mol. The number of rotatable bonds is 13. The Hall–Kier alpha value is -0.890. The van der Waals surface area contributed by atoms with E-state index in [4.69, 9.17) is 22.9 Å². The minimum Gasteiger partial charge on any atom is -0.370 e. The Morgan fingerprint density at radius 3 is 2.37 bits per heavy atom. The molecule has 0 spiro atoms. The molecule has 0 rings (SSSR count). The molecule has 0 bridgehead atoms. The summed E-state index contributed by atoms with van der Waals surface area (Å²) in [6.07, 6.45) is 3.99. The number of nitrogens with one attached hydrogen (secondary N) is 2. The maximum absolute atomic E-state index is 5.97. The van der Waals surface area contributed by atoms with Crippen LogP contribution in [0.4, 0.5) is 0 Å². The van der Waals surface area contributed by atoms with Crippen molar-refractivity contribution in [1.82, 2.24) is 10.6 Å². The lowest BCUT2D eigenvalue weighted by Gasteiger charge is -2.12. The van der Waals surface area contributed by atoms with E-state index in [1.165, 1.54) is 0 Å². The van der Waals surface area contributed by atoms with Crippen molar-refractivity contribution in [2.24, 2.45) is 27.9 Å². The lowest BCUT2D eigenvalue weighted by Crippen LogP contribution is -2.35. The van der Waals surface area contributed by atoms with E-state index in [0.29, 0.717) is 6.54 Å². The summed E-state index contributed by atoms with van der Waals surface area (Å²) in [7, 11) is 0. The predicted octanol–water partition coefficient (Wildman–Crippen LogP) is -1.71. The van der Waals surface area contributed by atoms with E-state index >= 15 is 0 Å². The van der Waals surface area contributed by atoms with Crippen molar-refractivity contribution >= 4 is 5.96 Å². The number of aliphatic imine (C=N–C) groups is 1. The summed E-state index contributed by atoms with van der Waals surface area (Å²) in [5, 5.41) is 6.69. The molecule has 0 aromatic heterocycles. The molecule has 0 amide bonds. The van der Waals surface area contributed by atoms with Crippen LogP contribution in [0.2, 0.25) is 0 Å². The molecule has 7 heteroatoms. The van der Waals surface area contributed by atoms with Crippen LogP contribution in [0.5, 0.6) is 0 Å². The molecule has 0 aliphatic rings. The van der Waals surface area contributed by atoms with Gasteiger partial charge in [-0.2, -0.15) is 0 Å². The zero-order valence-electron chi connectivity index (χ0n) is 11.9. The predicted molar refractivity (Wildman–Crippen MR) is 81.9 cm³/mol. The molecule has 1 unspecified atom stereocenters. The molecule has 10 N–H and O–H groups in total. The van der Waals surface area contributed by atoms with Gasteiger partial charge < -0.3 is 33.6 Å². The molecule has 0 saturated heterocycles. The Kier molecular flexibility index (Phi) is 12.9. The van der Waals surface area contributed by atoms with Gasteiger partial charge in [-0.25, -0.2) is 0 Å². The molecule has 0 aromatic rings. The van der Waals surface area contributed by atoms with Crippen LogP contribution in [0.25, 0.3) is 0 Å². The van der Waals surface area contributed by atoms with Gasteiger partial charge in [0.2, 0.25) is 0 Å². The fourth-order valence-electron chi connectivity index (χ4n) is 1.64. The highest BCUT2D eigenvalue weighted by atomic mass is 15.0. The van der Waals surface area contributed by atoms with E-state index in [0.717, 1.165) is 58.4 Å². The number of hydrogen-bond donors (Lipinski definition) is 6. The Labute approximate surface area is 116 Å². The molecule has 114 valence electrons. The Bertz CT molecular complexity index is 216. The standard InChI is InChI=1S/C12H31N7/c13-5-2-6-17-7-3-8-18-10-11(14)4-1-9-19-12(15)16/h11,17-18H,1-10,13-14H2,(H4,15,16,19). The van der Waals surface area contributed by atoms with Crippen LogP contribution in [-0.2, 0) is 0 Å². The van der Waals surface area contributed by atoms with E-state index in [-0.39, 0.29) is 12.0 Å². The van der Waals surface area contributed by atoms with Crippen LogP contribution in [0.1, 0.15) is 25.7 Å². The van der Waals surface area contributed by atoms with Crippen LogP contribution in [0.3, 0.4) is 0 Å². The van der Waals surface area contributed by atoms with Crippen LogP contribution >= 0.6 is 0 Å². The van der Waals surface area contributed by atoms with Crippen molar-refractivity contribution in [2.75, 3.05) is 39.3 Å². The topological polar surface area (TPSA) is 140 Å². The first-order chi connectivity index (χ1) is 9.16. The van der Waals surface area contributed by atoms with Gasteiger partial charge in [0, 0.05) is 19.1 Å². The SMILES string of the molecule is NCCCNCCCNCC(N)CCCN=C(N)N. The van der Waals surface area contributed by atoms with Gasteiger partial charge >= 0.3 is 0 Å². The summed E-state index contributed by atoms with van der Waals surface area (Å²) in [5.41, 5.74) is 21.8. The van der Waals surface area contributed by atoms with Gasteiger partial charge in [-0.1, -0.05) is 0 Å². The third-order valence-corrected chi connectivity index (χ3v) is 2.70. The number of hydrogen-bond acceptors (Lipinski definition) is 5. The second kappa shape index (κ2) is 13.5. The fraction of sp³-hybridized carbons (Fsp3) is 0.917. The normalized spacial score (nSPS) is 12.3. The summed E-state index contributed by atoms with van der Waals surface area (Å²) in [4.78, 5) is 3.92. The smallest absolute Gasteiger partial charge is 0.185 e. The molecule has 0 fully saturated rings. The molecule has 0 aliphatic carbocycles. The third-order valence-electron chi connectivity index (χ3n) is 2.70. The first-order valence-electron chi connectivity index (χ1n) is 7.09. The Balaban J connectivity index is 3.20. The van der Waals surface area contributed by atoms with Crippen molar-refractivity contribution in [3.05, 3.63) is 0 Å². The summed E-state index contributed by atoms with van der Waals surface area (Å²) >= 11 is 0. The van der Waals surface area contributed by atoms with Crippen molar-refractivity contribution in [3.8, 4) is 0 Å². The second-order valence-corrected chi connectivity index (χ2v) is 4.66. The molecule has 7 nitrogen and oxygen atoms in total. The van der Waals surface area contributed by atoms with Crippen LogP contribution in [0, 0.1) is 0 Å². The molecule has 0 aromatic carbocycles. The molecule has 1 atom stereocenters. The summed E-state index contributed by atoms with van der Waals surface area (Å²) < 4.78 is 0. The van der Waals surface area contributed by atoms with Crippen molar-refractivity contribution < 1.29 is 0 Å². The van der Waals surface area contributed by atoms with E-state index in [9.17, 15) is 0 Å². The summed E-state index contributed by atoms with van der Waals surface area (Å²) in [5.74, 6) is 0.147. The van der Waals surface area contributed by atoms with E-state index in [1.54, 1.807) is 0 Å². The quantitative estimate of drug-likeness (QED) is 0.134. The van der Waals surface area contributed by atoms with Gasteiger partial charge in [-0.15, -0.1) is 0 Å².